The zero-order valence-electron chi connectivity index (χ0n) is 6.95. The summed E-state index contributed by atoms with van der Waals surface area (Å²) in [5, 5.41) is 8.39. The Labute approximate surface area is 67.0 Å². The quantitative estimate of drug-likeness (QED) is 0.628. The van der Waals surface area contributed by atoms with Gasteiger partial charge < -0.3 is 14.2 Å². The number of aliphatic hydroxyl groups is 1. The van der Waals surface area contributed by atoms with Crippen molar-refractivity contribution in [2.45, 2.75) is 13.8 Å². The molecule has 0 bridgehead atoms. The van der Waals surface area contributed by atoms with Gasteiger partial charge in [-0.15, -0.1) is 0 Å². The van der Waals surface area contributed by atoms with E-state index in [0.717, 1.165) is 0 Å². The third-order valence-electron chi connectivity index (χ3n) is 1.09. The van der Waals surface area contributed by atoms with Crippen molar-refractivity contribution < 1.29 is 18.7 Å². The lowest BCUT2D eigenvalue weighted by atomic mass is 10.8. The first-order valence-corrected chi connectivity index (χ1v) is 5.40. The highest BCUT2D eigenvalue weighted by Gasteiger charge is 2.19. The predicted octanol–water partition coefficient (Wildman–Crippen LogP) is 1.24. The van der Waals surface area contributed by atoms with Gasteiger partial charge in [-0.05, 0) is 6.92 Å². The molecule has 4 nitrogen and oxygen atoms in total. The highest BCUT2D eigenvalue weighted by molar-refractivity contribution is 7.53. The second-order valence-corrected chi connectivity index (χ2v) is 4.27. The summed E-state index contributed by atoms with van der Waals surface area (Å²) in [5.74, 6) is 0. The van der Waals surface area contributed by atoms with Crippen LogP contribution in [0.3, 0.4) is 0 Å². The first-order valence-electron chi connectivity index (χ1n) is 3.67. The van der Waals surface area contributed by atoms with E-state index in [1.807, 2.05) is 0 Å². The van der Waals surface area contributed by atoms with E-state index in [-0.39, 0.29) is 13.2 Å². The molecule has 5 heteroatoms. The maximum Gasteiger partial charge on any atom is 0.330 e. The second kappa shape index (κ2) is 5.72. The minimum absolute atomic E-state index is 0.0745. The molecule has 0 aliphatic rings. The van der Waals surface area contributed by atoms with Gasteiger partial charge in [-0.25, -0.2) is 0 Å². The molecule has 0 aliphatic carbocycles. The van der Waals surface area contributed by atoms with Crippen molar-refractivity contribution in [3.05, 3.63) is 0 Å². The van der Waals surface area contributed by atoms with E-state index in [4.69, 9.17) is 14.2 Å². The van der Waals surface area contributed by atoms with Crippen LogP contribution in [0.4, 0.5) is 0 Å². The average Bonchev–Trinajstić information content (AvgIpc) is 2.02. The van der Waals surface area contributed by atoms with Crippen LogP contribution >= 0.6 is 7.60 Å². The van der Waals surface area contributed by atoms with E-state index >= 15 is 0 Å². The maximum absolute atomic E-state index is 11.4. The fourth-order valence-electron chi connectivity index (χ4n) is 0.596. The van der Waals surface area contributed by atoms with Gasteiger partial charge in [-0.2, -0.15) is 0 Å². The Bertz CT molecular complexity index is 137. The van der Waals surface area contributed by atoms with Crippen molar-refractivity contribution in [2.24, 2.45) is 0 Å². The molecule has 0 amide bonds. The summed E-state index contributed by atoms with van der Waals surface area (Å²) in [6.45, 7) is 3.80. The molecule has 0 saturated carbocycles. The van der Waals surface area contributed by atoms with E-state index in [0.29, 0.717) is 12.8 Å². The third-order valence-corrected chi connectivity index (χ3v) is 3.09. The molecule has 0 aromatic carbocycles. The minimum Gasteiger partial charge on any atom is -0.394 e. The van der Waals surface area contributed by atoms with Gasteiger partial charge in [0.2, 0.25) is 0 Å². The molecule has 0 fully saturated rings. The van der Waals surface area contributed by atoms with Crippen molar-refractivity contribution >= 4 is 7.60 Å². The van der Waals surface area contributed by atoms with Crippen molar-refractivity contribution in [1.29, 1.82) is 0 Å². The molecule has 0 radical (unpaired) electrons. The Balaban J connectivity index is 3.79. The van der Waals surface area contributed by atoms with Crippen molar-refractivity contribution in [3.8, 4) is 0 Å². The van der Waals surface area contributed by atoms with Crippen LogP contribution in [0.25, 0.3) is 0 Å². The molecule has 1 unspecified atom stereocenters. The molecule has 0 aromatic heterocycles. The molecule has 0 aromatic rings. The summed E-state index contributed by atoms with van der Waals surface area (Å²) in [4.78, 5) is 0. The summed E-state index contributed by atoms with van der Waals surface area (Å²) in [5.41, 5.74) is 0. The standard InChI is InChI=1S/C6H15O4P/c1-3-9-11(8,4-2)10-6-5-7/h7H,3-6H2,1-2H3. The van der Waals surface area contributed by atoms with Crippen LogP contribution in [-0.4, -0.2) is 31.1 Å². The van der Waals surface area contributed by atoms with Crippen LogP contribution < -0.4 is 0 Å². The lowest BCUT2D eigenvalue weighted by Crippen LogP contribution is -2.02. The fraction of sp³-hybridized carbons (Fsp3) is 1.00. The molecular weight excluding hydrogens is 167 g/mol. The van der Waals surface area contributed by atoms with Crippen LogP contribution in [0.5, 0.6) is 0 Å². The SMILES string of the molecule is CCOP(=O)(CC)OCCO. The van der Waals surface area contributed by atoms with Crippen LogP contribution in [0.1, 0.15) is 13.8 Å². The van der Waals surface area contributed by atoms with E-state index < -0.39 is 7.60 Å². The van der Waals surface area contributed by atoms with E-state index in [1.54, 1.807) is 13.8 Å². The molecule has 0 saturated heterocycles. The number of aliphatic hydroxyl groups excluding tert-OH is 1. The van der Waals surface area contributed by atoms with Gasteiger partial charge in [0.05, 0.1) is 19.8 Å². The number of hydrogen-bond acceptors (Lipinski definition) is 4. The second-order valence-electron chi connectivity index (χ2n) is 1.90. The van der Waals surface area contributed by atoms with Crippen molar-refractivity contribution in [1.82, 2.24) is 0 Å². The molecule has 1 N–H and O–H groups in total. The largest absolute Gasteiger partial charge is 0.394 e. The Morgan fingerprint density at radius 2 is 2.00 bits per heavy atom. The lowest BCUT2D eigenvalue weighted by Gasteiger charge is -2.14. The first kappa shape index (κ1) is 11.1. The van der Waals surface area contributed by atoms with Crippen LogP contribution in [-0.2, 0) is 13.6 Å². The molecule has 0 aliphatic heterocycles. The number of hydrogen-bond donors (Lipinski definition) is 1. The number of rotatable bonds is 6. The summed E-state index contributed by atoms with van der Waals surface area (Å²) in [6, 6.07) is 0. The van der Waals surface area contributed by atoms with Gasteiger partial charge in [0.25, 0.3) is 0 Å². The Kier molecular flexibility index (Phi) is 5.78. The third kappa shape index (κ3) is 4.53. The summed E-state index contributed by atoms with van der Waals surface area (Å²) >= 11 is 0. The summed E-state index contributed by atoms with van der Waals surface area (Å²) in [7, 11) is -2.88. The normalized spacial score (nSPS) is 16.3. The maximum atomic E-state index is 11.4. The van der Waals surface area contributed by atoms with Crippen molar-refractivity contribution in [2.75, 3.05) is 26.0 Å². The molecule has 68 valence electrons. The highest BCUT2D eigenvalue weighted by atomic mass is 31.2. The average molecular weight is 182 g/mol. The Hall–Kier alpha value is 0.110. The van der Waals surface area contributed by atoms with Gasteiger partial charge in [0.15, 0.2) is 0 Å². The van der Waals surface area contributed by atoms with E-state index in [9.17, 15) is 4.57 Å². The zero-order chi connectivity index (χ0) is 8.74. The van der Waals surface area contributed by atoms with E-state index in [1.165, 1.54) is 0 Å². The van der Waals surface area contributed by atoms with Crippen LogP contribution in [0.15, 0.2) is 0 Å². The molecule has 0 heterocycles. The Morgan fingerprint density at radius 3 is 2.36 bits per heavy atom. The molecule has 1 atom stereocenters. The van der Waals surface area contributed by atoms with E-state index in [2.05, 4.69) is 0 Å². The Morgan fingerprint density at radius 1 is 1.36 bits per heavy atom. The highest BCUT2D eigenvalue weighted by Crippen LogP contribution is 2.47. The van der Waals surface area contributed by atoms with Gasteiger partial charge in [-0.3, -0.25) is 4.57 Å². The van der Waals surface area contributed by atoms with Crippen molar-refractivity contribution in [3.63, 3.8) is 0 Å². The van der Waals surface area contributed by atoms with Gasteiger partial charge in [0, 0.05) is 6.16 Å². The molecular formula is C6H15O4P. The predicted molar refractivity (Wildman–Crippen MR) is 42.8 cm³/mol. The monoisotopic (exact) mass is 182 g/mol. The summed E-state index contributed by atoms with van der Waals surface area (Å²) < 4.78 is 21.1. The van der Waals surface area contributed by atoms with Crippen LogP contribution in [0, 0.1) is 0 Å². The van der Waals surface area contributed by atoms with Crippen LogP contribution in [0.2, 0.25) is 0 Å². The van der Waals surface area contributed by atoms with Gasteiger partial charge in [-0.1, -0.05) is 6.92 Å². The lowest BCUT2D eigenvalue weighted by molar-refractivity contribution is 0.165. The first-order chi connectivity index (χ1) is 5.18. The van der Waals surface area contributed by atoms with Gasteiger partial charge >= 0.3 is 7.60 Å². The topological polar surface area (TPSA) is 55.8 Å². The molecule has 0 spiro atoms. The molecule has 0 rings (SSSR count). The smallest absolute Gasteiger partial charge is 0.330 e. The fourth-order valence-corrected chi connectivity index (χ4v) is 1.79. The zero-order valence-corrected chi connectivity index (χ0v) is 7.84. The minimum atomic E-state index is -2.88. The molecule has 11 heavy (non-hydrogen) atoms. The summed E-state index contributed by atoms with van der Waals surface area (Å²) in [6.07, 6.45) is 0.348. The van der Waals surface area contributed by atoms with Gasteiger partial charge in [0.1, 0.15) is 0 Å².